The fourth-order valence-corrected chi connectivity index (χ4v) is 3.07. The molecule has 0 aliphatic carbocycles. The van der Waals surface area contributed by atoms with Gasteiger partial charge in [-0.2, -0.15) is 0 Å². The van der Waals surface area contributed by atoms with Crippen LogP contribution in [0.1, 0.15) is 63.2 Å². The third kappa shape index (κ3) is 6.06. The number of benzene rings is 2. The minimum Gasteiger partial charge on any atom is -0.497 e. The van der Waals surface area contributed by atoms with Gasteiger partial charge in [-0.3, -0.25) is 0 Å². The standard InChI is InChI=1S/C23H32O3/c1-5-6-7-8-9-18(2)26-23(19-10-14-21(24-3)15-11-19)20-12-16-22(25-4)17-13-20/h10-18,23H,5-9H2,1-4H3. The van der Waals surface area contributed by atoms with Crippen molar-refractivity contribution >= 4 is 0 Å². The summed E-state index contributed by atoms with van der Waals surface area (Å²) in [6.07, 6.45) is 6.26. The van der Waals surface area contributed by atoms with Crippen LogP contribution in [-0.4, -0.2) is 20.3 Å². The lowest BCUT2D eigenvalue weighted by atomic mass is 10.0. The van der Waals surface area contributed by atoms with Crippen molar-refractivity contribution in [3.63, 3.8) is 0 Å². The predicted octanol–water partition coefficient (Wildman–Crippen LogP) is 6.17. The molecule has 1 unspecified atom stereocenters. The molecule has 2 rings (SSSR count). The minimum absolute atomic E-state index is 0.0898. The van der Waals surface area contributed by atoms with Gasteiger partial charge in [0.25, 0.3) is 0 Å². The van der Waals surface area contributed by atoms with Crippen LogP contribution in [0, 0.1) is 0 Å². The maximum Gasteiger partial charge on any atom is 0.118 e. The smallest absolute Gasteiger partial charge is 0.118 e. The molecule has 0 bridgehead atoms. The first-order chi connectivity index (χ1) is 12.7. The van der Waals surface area contributed by atoms with E-state index in [1.54, 1.807) is 14.2 Å². The molecule has 0 saturated heterocycles. The summed E-state index contributed by atoms with van der Waals surface area (Å²) < 4.78 is 17.0. The van der Waals surface area contributed by atoms with Crippen molar-refractivity contribution in [3.8, 4) is 11.5 Å². The summed E-state index contributed by atoms with van der Waals surface area (Å²) >= 11 is 0. The van der Waals surface area contributed by atoms with Crippen LogP contribution in [0.3, 0.4) is 0 Å². The summed E-state index contributed by atoms with van der Waals surface area (Å²) in [4.78, 5) is 0. The zero-order valence-electron chi connectivity index (χ0n) is 16.5. The molecule has 0 heterocycles. The maximum absolute atomic E-state index is 6.47. The quantitative estimate of drug-likeness (QED) is 0.451. The number of rotatable bonds is 11. The predicted molar refractivity (Wildman–Crippen MR) is 107 cm³/mol. The van der Waals surface area contributed by atoms with Crippen molar-refractivity contribution in [2.75, 3.05) is 14.2 Å². The Morgan fingerprint density at radius 1 is 0.731 bits per heavy atom. The van der Waals surface area contributed by atoms with E-state index in [1.165, 1.54) is 25.7 Å². The highest BCUT2D eigenvalue weighted by molar-refractivity contribution is 5.36. The van der Waals surface area contributed by atoms with Crippen molar-refractivity contribution < 1.29 is 14.2 Å². The summed E-state index contributed by atoms with van der Waals surface area (Å²) in [5, 5.41) is 0. The number of ether oxygens (including phenoxy) is 3. The van der Waals surface area contributed by atoms with E-state index in [-0.39, 0.29) is 12.2 Å². The summed E-state index contributed by atoms with van der Waals surface area (Å²) in [5.41, 5.74) is 2.27. The molecule has 0 spiro atoms. The molecule has 3 heteroatoms. The van der Waals surface area contributed by atoms with Crippen molar-refractivity contribution in [2.24, 2.45) is 0 Å². The van der Waals surface area contributed by atoms with Gasteiger partial charge in [0.1, 0.15) is 17.6 Å². The molecule has 0 fully saturated rings. The normalized spacial score (nSPS) is 12.2. The molecule has 2 aromatic rings. The first kappa shape index (κ1) is 20.3. The Balaban J connectivity index is 2.14. The second-order valence-corrected chi connectivity index (χ2v) is 6.72. The van der Waals surface area contributed by atoms with Gasteiger partial charge in [0.05, 0.1) is 20.3 Å². The van der Waals surface area contributed by atoms with Gasteiger partial charge in [0.2, 0.25) is 0 Å². The Labute approximate surface area is 158 Å². The van der Waals surface area contributed by atoms with Crippen LogP contribution in [0.4, 0.5) is 0 Å². The second-order valence-electron chi connectivity index (χ2n) is 6.72. The lowest BCUT2D eigenvalue weighted by molar-refractivity contribution is 0.0133. The van der Waals surface area contributed by atoms with E-state index in [0.717, 1.165) is 29.0 Å². The van der Waals surface area contributed by atoms with E-state index >= 15 is 0 Å². The average molecular weight is 357 g/mol. The topological polar surface area (TPSA) is 27.7 Å². The van der Waals surface area contributed by atoms with Gasteiger partial charge in [-0.1, -0.05) is 56.9 Å². The minimum atomic E-state index is -0.0898. The van der Waals surface area contributed by atoms with Gasteiger partial charge in [0.15, 0.2) is 0 Å². The molecule has 142 valence electrons. The number of methoxy groups -OCH3 is 2. The molecule has 26 heavy (non-hydrogen) atoms. The van der Waals surface area contributed by atoms with Crippen LogP contribution in [0.2, 0.25) is 0 Å². The van der Waals surface area contributed by atoms with Gasteiger partial charge in [-0.05, 0) is 48.7 Å². The molecule has 0 amide bonds. The maximum atomic E-state index is 6.47. The molecule has 1 atom stereocenters. The Bertz CT molecular complexity index is 571. The Morgan fingerprint density at radius 2 is 1.23 bits per heavy atom. The van der Waals surface area contributed by atoms with Crippen LogP contribution in [-0.2, 0) is 4.74 Å². The second kappa shape index (κ2) is 10.9. The highest BCUT2D eigenvalue weighted by Crippen LogP contribution is 2.31. The van der Waals surface area contributed by atoms with E-state index in [9.17, 15) is 0 Å². The van der Waals surface area contributed by atoms with Crippen LogP contribution >= 0.6 is 0 Å². The highest BCUT2D eigenvalue weighted by Gasteiger charge is 2.18. The monoisotopic (exact) mass is 356 g/mol. The molecule has 0 N–H and O–H groups in total. The van der Waals surface area contributed by atoms with Crippen molar-refractivity contribution in [1.82, 2.24) is 0 Å². The van der Waals surface area contributed by atoms with Crippen LogP contribution < -0.4 is 9.47 Å². The lowest BCUT2D eigenvalue weighted by Gasteiger charge is -2.24. The fraction of sp³-hybridized carbons (Fsp3) is 0.478. The molecule has 0 aliphatic rings. The molecular weight excluding hydrogens is 324 g/mol. The zero-order valence-corrected chi connectivity index (χ0v) is 16.5. The third-order valence-corrected chi connectivity index (χ3v) is 4.67. The van der Waals surface area contributed by atoms with Crippen molar-refractivity contribution in [1.29, 1.82) is 0 Å². The van der Waals surface area contributed by atoms with Gasteiger partial charge < -0.3 is 14.2 Å². The molecule has 0 aliphatic heterocycles. The van der Waals surface area contributed by atoms with Crippen molar-refractivity contribution in [2.45, 2.75) is 58.2 Å². The Hall–Kier alpha value is -2.00. The van der Waals surface area contributed by atoms with Gasteiger partial charge in [0, 0.05) is 0 Å². The van der Waals surface area contributed by atoms with Crippen LogP contribution in [0.5, 0.6) is 11.5 Å². The van der Waals surface area contributed by atoms with Crippen LogP contribution in [0.25, 0.3) is 0 Å². The Morgan fingerprint density at radius 3 is 1.65 bits per heavy atom. The van der Waals surface area contributed by atoms with Gasteiger partial charge >= 0.3 is 0 Å². The van der Waals surface area contributed by atoms with E-state index in [4.69, 9.17) is 14.2 Å². The largest absolute Gasteiger partial charge is 0.497 e. The van der Waals surface area contributed by atoms with Crippen molar-refractivity contribution in [3.05, 3.63) is 59.7 Å². The molecule has 0 aromatic heterocycles. The van der Waals surface area contributed by atoms with E-state index in [0.29, 0.717) is 0 Å². The number of hydrogen-bond acceptors (Lipinski definition) is 3. The third-order valence-electron chi connectivity index (χ3n) is 4.67. The first-order valence-corrected chi connectivity index (χ1v) is 9.61. The summed E-state index contributed by atoms with van der Waals surface area (Å²) in [5.74, 6) is 1.71. The summed E-state index contributed by atoms with van der Waals surface area (Å²) in [6, 6.07) is 16.3. The lowest BCUT2D eigenvalue weighted by Crippen LogP contribution is -2.15. The highest BCUT2D eigenvalue weighted by atomic mass is 16.5. The summed E-state index contributed by atoms with van der Waals surface area (Å²) in [7, 11) is 3.37. The molecule has 0 radical (unpaired) electrons. The summed E-state index contributed by atoms with van der Waals surface area (Å²) in [6.45, 7) is 4.41. The number of unbranched alkanes of at least 4 members (excludes halogenated alkanes) is 3. The average Bonchev–Trinajstić information content (AvgIpc) is 2.70. The molecule has 0 saturated carbocycles. The zero-order chi connectivity index (χ0) is 18.8. The van der Waals surface area contributed by atoms with Crippen LogP contribution in [0.15, 0.2) is 48.5 Å². The first-order valence-electron chi connectivity index (χ1n) is 9.61. The molecule has 3 nitrogen and oxygen atoms in total. The van der Waals surface area contributed by atoms with Gasteiger partial charge in [-0.15, -0.1) is 0 Å². The number of hydrogen-bond donors (Lipinski definition) is 0. The Kier molecular flexibility index (Phi) is 8.49. The molecular formula is C23H32O3. The van der Waals surface area contributed by atoms with E-state index in [2.05, 4.69) is 38.1 Å². The fourth-order valence-electron chi connectivity index (χ4n) is 3.07. The SMILES string of the molecule is CCCCCCC(C)OC(c1ccc(OC)cc1)c1ccc(OC)cc1. The van der Waals surface area contributed by atoms with E-state index in [1.807, 2.05) is 24.3 Å². The van der Waals surface area contributed by atoms with Gasteiger partial charge in [-0.25, -0.2) is 0 Å². The van der Waals surface area contributed by atoms with E-state index < -0.39 is 0 Å². The molecule has 2 aromatic carbocycles.